The molecule has 0 aliphatic heterocycles. The first kappa shape index (κ1) is 21.2. The third kappa shape index (κ3) is 4.51. The van der Waals surface area contributed by atoms with Gasteiger partial charge >= 0.3 is 0 Å². The molecule has 2 aromatic carbocycles. The smallest absolute Gasteiger partial charge is 0.242 e. The average Bonchev–Trinajstić information content (AvgIpc) is 3.16. The van der Waals surface area contributed by atoms with Gasteiger partial charge in [0.2, 0.25) is 10.0 Å². The number of sulfonamides is 1. The van der Waals surface area contributed by atoms with Crippen LogP contribution in [-0.4, -0.2) is 46.4 Å². The molecule has 0 spiro atoms. The van der Waals surface area contributed by atoms with Crippen LogP contribution in [0.15, 0.2) is 71.8 Å². The summed E-state index contributed by atoms with van der Waals surface area (Å²) < 4.78 is 27.0. The Labute approximate surface area is 181 Å². The first-order valence-corrected chi connectivity index (χ1v) is 11.4. The van der Waals surface area contributed by atoms with E-state index in [1.54, 1.807) is 42.6 Å². The Bertz CT molecular complexity index is 1290. The van der Waals surface area contributed by atoms with Gasteiger partial charge in [0.25, 0.3) is 0 Å². The predicted molar refractivity (Wildman–Crippen MR) is 119 cm³/mol. The lowest BCUT2D eigenvalue weighted by atomic mass is 10.1. The summed E-state index contributed by atoms with van der Waals surface area (Å²) in [5.41, 5.74) is 4.20. The zero-order valence-electron chi connectivity index (χ0n) is 17.4. The van der Waals surface area contributed by atoms with Crippen molar-refractivity contribution in [3.8, 4) is 0 Å². The molecular weight excluding hydrogens is 412 g/mol. The lowest BCUT2D eigenvalue weighted by Crippen LogP contribution is -2.31. The van der Waals surface area contributed by atoms with Crippen LogP contribution in [0.3, 0.4) is 0 Å². The summed E-state index contributed by atoms with van der Waals surface area (Å²) in [4.78, 5) is 12.3. The number of H-pyrrole nitrogens is 1. The molecule has 0 saturated heterocycles. The molecule has 2 N–H and O–H groups in total. The Balaban J connectivity index is 1.50. The van der Waals surface area contributed by atoms with Crippen LogP contribution in [0.25, 0.3) is 11.0 Å². The number of aryl methyl sites for hydroxylation is 1. The Hall–Kier alpha value is -3.07. The average molecular weight is 437 g/mol. The van der Waals surface area contributed by atoms with E-state index in [9.17, 15) is 13.5 Å². The van der Waals surface area contributed by atoms with E-state index < -0.39 is 16.1 Å². The Morgan fingerprint density at radius 3 is 2.48 bits per heavy atom. The molecule has 4 rings (SSSR count). The van der Waals surface area contributed by atoms with Crippen molar-refractivity contribution in [2.24, 2.45) is 0 Å². The summed E-state index contributed by atoms with van der Waals surface area (Å²) in [6.45, 7) is 1.87. The summed E-state index contributed by atoms with van der Waals surface area (Å²) in [7, 11) is -2.25. The van der Waals surface area contributed by atoms with Crippen molar-refractivity contribution in [3.05, 3.63) is 89.5 Å². The number of aliphatic hydroxyl groups is 1. The van der Waals surface area contributed by atoms with Gasteiger partial charge in [-0.15, -0.1) is 0 Å². The molecule has 160 valence electrons. The molecule has 4 aromatic rings. The molecule has 7 nitrogen and oxygen atoms in total. The van der Waals surface area contributed by atoms with E-state index in [1.807, 2.05) is 31.2 Å². The van der Waals surface area contributed by atoms with Crippen molar-refractivity contribution >= 4 is 21.1 Å². The van der Waals surface area contributed by atoms with Gasteiger partial charge in [0, 0.05) is 26.2 Å². The van der Waals surface area contributed by atoms with Crippen LogP contribution in [0, 0.1) is 6.92 Å². The number of nitrogens with one attached hydrogen (secondary N) is 1. The molecule has 1 atom stereocenters. The van der Waals surface area contributed by atoms with Crippen LogP contribution in [0.2, 0.25) is 0 Å². The maximum absolute atomic E-state index is 12.9. The van der Waals surface area contributed by atoms with E-state index in [4.69, 9.17) is 0 Å². The number of hydrogen-bond donors (Lipinski definition) is 2. The maximum Gasteiger partial charge on any atom is 0.242 e. The van der Waals surface area contributed by atoms with Crippen LogP contribution in [0.5, 0.6) is 0 Å². The van der Waals surface area contributed by atoms with Gasteiger partial charge in [0.05, 0.1) is 22.2 Å². The lowest BCUT2D eigenvalue weighted by Gasteiger charge is -2.21. The van der Waals surface area contributed by atoms with Crippen molar-refractivity contribution in [1.82, 2.24) is 19.3 Å². The number of benzene rings is 2. The summed E-state index contributed by atoms with van der Waals surface area (Å²) in [6.07, 6.45) is 1.38. The zero-order chi connectivity index (χ0) is 22.0. The molecule has 1 unspecified atom stereocenters. The van der Waals surface area contributed by atoms with Crippen molar-refractivity contribution < 1.29 is 13.5 Å². The topological polar surface area (TPSA) is 99.2 Å². The fourth-order valence-corrected chi connectivity index (χ4v) is 4.70. The summed E-state index contributed by atoms with van der Waals surface area (Å²) >= 11 is 0. The molecular formula is C23H24N4O3S. The third-order valence-electron chi connectivity index (χ3n) is 5.21. The second kappa shape index (κ2) is 8.58. The Morgan fingerprint density at radius 1 is 1.06 bits per heavy atom. The van der Waals surface area contributed by atoms with Gasteiger partial charge in [0.15, 0.2) is 0 Å². The van der Waals surface area contributed by atoms with E-state index in [0.717, 1.165) is 28.1 Å². The molecule has 2 heterocycles. The molecule has 0 aliphatic carbocycles. The number of pyridine rings is 1. The number of fused-ring (bicyclic) bond motifs is 1. The number of imidazole rings is 1. The molecule has 0 saturated carbocycles. The fourth-order valence-electron chi connectivity index (χ4n) is 3.52. The molecule has 8 heteroatoms. The largest absolute Gasteiger partial charge is 0.387 e. The zero-order valence-corrected chi connectivity index (χ0v) is 18.2. The Kier molecular flexibility index (Phi) is 5.86. The maximum atomic E-state index is 12.9. The number of nitrogens with zero attached hydrogens (tertiary/aromatic N) is 3. The van der Waals surface area contributed by atoms with Crippen LogP contribution in [0.1, 0.15) is 28.7 Å². The molecule has 0 bridgehead atoms. The van der Waals surface area contributed by atoms with Crippen LogP contribution < -0.4 is 0 Å². The van der Waals surface area contributed by atoms with Gasteiger partial charge in [-0.3, -0.25) is 4.98 Å². The van der Waals surface area contributed by atoms with Crippen LogP contribution >= 0.6 is 0 Å². The first-order chi connectivity index (χ1) is 14.8. The third-order valence-corrected chi connectivity index (χ3v) is 7.05. The summed E-state index contributed by atoms with van der Waals surface area (Å²) in [5, 5.41) is 10.4. The van der Waals surface area contributed by atoms with E-state index in [-0.39, 0.29) is 11.4 Å². The SMILES string of the molecule is Cc1nc2c(Cc3ccc(S(=O)(=O)N(C)CC(O)c4ccccc4)cc3)nccc2[nH]1. The van der Waals surface area contributed by atoms with E-state index in [1.165, 1.54) is 11.4 Å². The number of rotatable bonds is 7. The predicted octanol–water partition coefficient (Wildman–Crippen LogP) is 3.21. The Morgan fingerprint density at radius 2 is 1.77 bits per heavy atom. The monoisotopic (exact) mass is 436 g/mol. The first-order valence-electron chi connectivity index (χ1n) is 9.93. The molecule has 0 radical (unpaired) electrons. The van der Waals surface area contributed by atoms with E-state index in [0.29, 0.717) is 12.0 Å². The minimum absolute atomic E-state index is 0.0292. The van der Waals surface area contributed by atoms with E-state index in [2.05, 4.69) is 15.0 Å². The molecule has 2 aromatic heterocycles. The molecule has 0 fully saturated rings. The second-order valence-electron chi connectivity index (χ2n) is 7.51. The van der Waals surface area contributed by atoms with Crippen LogP contribution in [0.4, 0.5) is 0 Å². The summed E-state index contributed by atoms with van der Waals surface area (Å²) in [5.74, 6) is 0.825. The van der Waals surface area contributed by atoms with Crippen molar-refractivity contribution in [3.63, 3.8) is 0 Å². The number of likely N-dealkylation sites (N-methyl/N-ethyl adjacent to an activating group) is 1. The van der Waals surface area contributed by atoms with Gasteiger partial charge in [-0.1, -0.05) is 42.5 Å². The molecule has 0 aliphatic rings. The van der Waals surface area contributed by atoms with Crippen molar-refractivity contribution in [2.45, 2.75) is 24.3 Å². The van der Waals surface area contributed by atoms with Gasteiger partial charge in [-0.25, -0.2) is 13.4 Å². The summed E-state index contributed by atoms with van der Waals surface area (Å²) in [6, 6.07) is 17.7. The quantitative estimate of drug-likeness (QED) is 0.463. The van der Waals surface area contributed by atoms with Crippen LogP contribution in [-0.2, 0) is 16.4 Å². The molecule has 31 heavy (non-hydrogen) atoms. The van der Waals surface area contributed by atoms with Gasteiger partial charge in [-0.05, 0) is 36.2 Å². The van der Waals surface area contributed by atoms with Gasteiger partial charge in [0.1, 0.15) is 11.3 Å². The highest BCUT2D eigenvalue weighted by Gasteiger charge is 2.23. The minimum Gasteiger partial charge on any atom is -0.387 e. The minimum atomic E-state index is -3.72. The van der Waals surface area contributed by atoms with E-state index >= 15 is 0 Å². The lowest BCUT2D eigenvalue weighted by molar-refractivity contribution is 0.155. The van der Waals surface area contributed by atoms with Crippen molar-refractivity contribution in [1.29, 1.82) is 0 Å². The number of aromatic amines is 1. The number of aliphatic hydroxyl groups excluding tert-OH is 1. The highest BCUT2D eigenvalue weighted by atomic mass is 32.2. The second-order valence-corrected chi connectivity index (χ2v) is 9.55. The molecule has 0 amide bonds. The van der Waals surface area contributed by atoms with Gasteiger partial charge < -0.3 is 10.1 Å². The van der Waals surface area contributed by atoms with Crippen molar-refractivity contribution in [2.75, 3.05) is 13.6 Å². The van der Waals surface area contributed by atoms with Gasteiger partial charge in [-0.2, -0.15) is 4.31 Å². The highest BCUT2D eigenvalue weighted by Crippen LogP contribution is 2.22. The number of hydrogen-bond acceptors (Lipinski definition) is 5. The normalized spacial score (nSPS) is 13.0. The highest BCUT2D eigenvalue weighted by molar-refractivity contribution is 7.89. The fraction of sp³-hybridized carbons (Fsp3) is 0.217. The number of aromatic nitrogens is 3. The standard InChI is InChI=1S/C23H24N4O3S/c1-16-25-20-12-13-24-21(23(20)26-16)14-17-8-10-19(11-9-17)31(29,30)27(2)15-22(28)18-6-4-3-5-7-18/h3-13,22,28H,14-15H2,1-2H3,(H,25,26).